The Balaban J connectivity index is 1.90. The molecule has 1 aromatic carbocycles. The SMILES string of the molecule is COCc1ncc(C(=O)N2CCCCCC2c2ccc(Cl)cc2)c(N)n1. The van der Waals surface area contributed by atoms with Gasteiger partial charge in [-0.2, -0.15) is 0 Å². The minimum absolute atomic E-state index is 0.000295. The third-order valence-electron chi connectivity index (χ3n) is 4.64. The lowest BCUT2D eigenvalue weighted by atomic mass is 10.0. The number of halogens is 1. The monoisotopic (exact) mass is 374 g/mol. The van der Waals surface area contributed by atoms with Crippen molar-refractivity contribution in [2.75, 3.05) is 19.4 Å². The lowest BCUT2D eigenvalue weighted by Gasteiger charge is -2.30. The number of carbonyl (C=O) groups is 1. The van der Waals surface area contributed by atoms with Gasteiger partial charge in [0.2, 0.25) is 0 Å². The first-order valence-corrected chi connectivity index (χ1v) is 9.14. The molecule has 1 saturated heterocycles. The van der Waals surface area contributed by atoms with Gasteiger partial charge in [0.25, 0.3) is 5.91 Å². The molecule has 7 heteroatoms. The van der Waals surface area contributed by atoms with E-state index in [1.165, 1.54) is 6.20 Å². The number of nitrogens with two attached hydrogens (primary N) is 1. The number of carbonyl (C=O) groups excluding carboxylic acids is 1. The van der Waals surface area contributed by atoms with Crippen LogP contribution < -0.4 is 5.73 Å². The Hall–Kier alpha value is -2.18. The van der Waals surface area contributed by atoms with Crippen molar-refractivity contribution in [2.24, 2.45) is 0 Å². The molecule has 1 atom stereocenters. The van der Waals surface area contributed by atoms with Gasteiger partial charge in [-0.3, -0.25) is 4.79 Å². The summed E-state index contributed by atoms with van der Waals surface area (Å²) >= 11 is 6.02. The number of nitrogen functional groups attached to an aromatic ring is 1. The van der Waals surface area contributed by atoms with E-state index in [0.29, 0.717) is 23.0 Å². The predicted octanol–water partition coefficient (Wildman–Crippen LogP) is 3.62. The van der Waals surface area contributed by atoms with Gasteiger partial charge < -0.3 is 15.4 Å². The number of ether oxygens (including phenoxy) is 1. The number of likely N-dealkylation sites (tertiary alicyclic amines) is 1. The van der Waals surface area contributed by atoms with Gasteiger partial charge in [0.15, 0.2) is 5.82 Å². The Kier molecular flexibility index (Phi) is 6.06. The number of aromatic nitrogens is 2. The molecule has 1 unspecified atom stereocenters. The van der Waals surface area contributed by atoms with Crippen LogP contribution in [-0.4, -0.2) is 34.4 Å². The maximum atomic E-state index is 13.2. The molecule has 0 spiro atoms. The van der Waals surface area contributed by atoms with Crippen LogP contribution in [0.1, 0.15) is 53.5 Å². The molecule has 2 aromatic rings. The normalized spacial score (nSPS) is 17.8. The number of rotatable bonds is 4. The molecule has 1 fully saturated rings. The molecule has 0 saturated carbocycles. The fraction of sp³-hybridized carbons (Fsp3) is 0.421. The van der Waals surface area contributed by atoms with Crippen molar-refractivity contribution in [3.63, 3.8) is 0 Å². The summed E-state index contributed by atoms with van der Waals surface area (Å²) in [5.74, 6) is 0.524. The quantitative estimate of drug-likeness (QED) is 0.883. The largest absolute Gasteiger partial charge is 0.383 e. The van der Waals surface area contributed by atoms with Gasteiger partial charge in [0.1, 0.15) is 18.0 Å². The first kappa shape index (κ1) is 18.6. The number of hydrogen-bond acceptors (Lipinski definition) is 5. The van der Waals surface area contributed by atoms with Gasteiger partial charge in [-0.05, 0) is 30.5 Å². The van der Waals surface area contributed by atoms with E-state index in [2.05, 4.69) is 9.97 Å². The average Bonchev–Trinajstić information content (AvgIpc) is 2.88. The van der Waals surface area contributed by atoms with Crippen LogP contribution >= 0.6 is 11.6 Å². The molecule has 1 amide bonds. The summed E-state index contributed by atoms with van der Waals surface area (Å²) < 4.78 is 5.01. The highest BCUT2D eigenvalue weighted by Gasteiger charge is 2.29. The first-order chi connectivity index (χ1) is 12.6. The minimum Gasteiger partial charge on any atom is -0.383 e. The van der Waals surface area contributed by atoms with E-state index in [0.717, 1.165) is 31.2 Å². The van der Waals surface area contributed by atoms with E-state index in [1.807, 2.05) is 29.2 Å². The maximum absolute atomic E-state index is 13.2. The van der Waals surface area contributed by atoms with E-state index < -0.39 is 0 Å². The topological polar surface area (TPSA) is 81.3 Å². The lowest BCUT2D eigenvalue weighted by molar-refractivity contribution is 0.0681. The van der Waals surface area contributed by atoms with Crippen LogP contribution in [0.25, 0.3) is 0 Å². The zero-order chi connectivity index (χ0) is 18.5. The smallest absolute Gasteiger partial charge is 0.259 e. The van der Waals surface area contributed by atoms with Gasteiger partial charge in [-0.25, -0.2) is 9.97 Å². The summed E-state index contributed by atoms with van der Waals surface area (Å²) in [6, 6.07) is 7.70. The Bertz CT molecular complexity index is 767. The second-order valence-corrected chi connectivity index (χ2v) is 6.87. The Labute approximate surface area is 158 Å². The molecule has 1 aliphatic heterocycles. The number of amides is 1. The van der Waals surface area contributed by atoms with E-state index in [1.54, 1.807) is 7.11 Å². The third-order valence-corrected chi connectivity index (χ3v) is 4.89. The van der Waals surface area contributed by atoms with Gasteiger partial charge in [0, 0.05) is 24.9 Å². The van der Waals surface area contributed by atoms with Crippen molar-refractivity contribution in [1.29, 1.82) is 0 Å². The molecule has 1 aromatic heterocycles. The van der Waals surface area contributed by atoms with Crippen LogP contribution in [0.15, 0.2) is 30.5 Å². The summed E-state index contributed by atoms with van der Waals surface area (Å²) in [6.45, 7) is 0.946. The van der Waals surface area contributed by atoms with Crippen molar-refractivity contribution in [2.45, 2.75) is 38.3 Å². The van der Waals surface area contributed by atoms with Gasteiger partial charge in [-0.15, -0.1) is 0 Å². The van der Waals surface area contributed by atoms with E-state index in [9.17, 15) is 4.79 Å². The Morgan fingerprint density at radius 1 is 1.31 bits per heavy atom. The fourth-order valence-electron chi connectivity index (χ4n) is 3.33. The Morgan fingerprint density at radius 3 is 2.77 bits per heavy atom. The van der Waals surface area contributed by atoms with Gasteiger partial charge >= 0.3 is 0 Å². The molecule has 0 bridgehead atoms. The molecular weight excluding hydrogens is 352 g/mol. The van der Waals surface area contributed by atoms with Crippen molar-refractivity contribution in [3.8, 4) is 0 Å². The van der Waals surface area contributed by atoms with Gasteiger partial charge in [0.05, 0.1) is 6.04 Å². The summed E-state index contributed by atoms with van der Waals surface area (Å²) in [4.78, 5) is 23.5. The van der Waals surface area contributed by atoms with E-state index >= 15 is 0 Å². The molecule has 1 aliphatic rings. The van der Waals surface area contributed by atoms with Crippen LogP contribution in [-0.2, 0) is 11.3 Å². The Morgan fingerprint density at radius 2 is 2.08 bits per heavy atom. The van der Waals surface area contributed by atoms with Crippen LogP contribution in [0.5, 0.6) is 0 Å². The molecular formula is C19H23ClN4O2. The molecule has 0 radical (unpaired) electrons. The van der Waals surface area contributed by atoms with E-state index in [-0.39, 0.29) is 24.4 Å². The molecule has 6 nitrogen and oxygen atoms in total. The molecule has 26 heavy (non-hydrogen) atoms. The second-order valence-electron chi connectivity index (χ2n) is 6.43. The fourth-order valence-corrected chi connectivity index (χ4v) is 3.46. The van der Waals surface area contributed by atoms with Gasteiger partial charge in [-0.1, -0.05) is 36.6 Å². The highest BCUT2D eigenvalue weighted by molar-refractivity contribution is 6.30. The summed E-state index contributed by atoms with van der Waals surface area (Å²) in [6.07, 6.45) is 5.57. The summed E-state index contributed by atoms with van der Waals surface area (Å²) in [7, 11) is 1.56. The van der Waals surface area contributed by atoms with Crippen molar-refractivity contribution in [3.05, 3.63) is 52.4 Å². The summed E-state index contributed by atoms with van der Waals surface area (Å²) in [5, 5.41) is 0.687. The van der Waals surface area contributed by atoms with Crippen molar-refractivity contribution in [1.82, 2.24) is 14.9 Å². The zero-order valence-corrected chi connectivity index (χ0v) is 15.6. The highest BCUT2D eigenvalue weighted by Crippen LogP contribution is 2.32. The van der Waals surface area contributed by atoms with E-state index in [4.69, 9.17) is 22.1 Å². The summed E-state index contributed by atoms with van der Waals surface area (Å²) in [5.41, 5.74) is 7.45. The standard InChI is InChI=1S/C19H23ClN4O2/c1-26-12-17-22-11-15(18(21)23-17)19(25)24-10-4-2-3-5-16(24)13-6-8-14(20)9-7-13/h6-9,11,16H,2-5,10,12H2,1H3,(H2,21,22,23). The molecule has 3 rings (SSSR count). The molecule has 138 valence electrons. The first-order valence-electron chi connectivity index (χ1n) is 8.77. The number of nitrogens with zero attached hydrogens (tertiary/aromatic N) is 3. The second kappa shape index (κ2) is 8.47. The van der Waals surface area contributed by atoms with Crippen LogP contribution in [0, 0.1) is 0 Å². The maximum Gasteiger partial charge on any atom is 0.259 e. The van der Waals surface area contributed by atoms with Crippen molar-refractivity contribution < 1.29 is 9.53 Å². The zero-order valence-electron chi connectivity index (χ0n) is 14.8. The third kappa shape index (κ3) is 4.14. The molecule has 2 N–H and O–H groups in total. The van der Waals surface area contributed by atoms with Crippen LogP contribution in [0.2, 0.25) is 5.02 Å². The number of hydrogen-bond donors (Lipinski definition) is 1. The van der Waals surface area contributed by atoms with Crippen LogP contribution in [0.3, 0.4) is 0 Å². The lowest BCUT2D eigenvalue weighted by Crippen LogP contribution is -2.35. The predicted molar refractivity (Wildman–Crippen MR) is 101 cm³/mol. The number of anilines is 1. The minimum atomic E-state index is -0.131. The van der Waals surface area contributed by atoms with Crippen molar-refractivity contribution >= 4 is 23.3 Å². The molecule has 2 heterocycles. The average molecular weight is 375 g/mol. The number of methoxy groups -OCH3 is 1. The highest BCUT2D eigenvalue weighted by atomic mass is 35.5. The number of benzene rings is 1. The van der Waals surface area contributed by atoms with Crippen LogP contribution in [0.4, 0.5) is 5.82 Å². The molecule has 0 aliphatic carbocycles.